The first-order chi connectivity index (χ1) is 7.89. The molecule has 1 saturated heterocycles. The molecule has 1 atom stereocenters. The molecule has 0 spiro atoms. The molecule has 1 aliphatic heterocycles. The van der Waals surface area contributed by atoms with Crippen LogP contribution in [0.1, 0.15) is 33.6 Å². The third kappa shape index (κ3) is 5.44. The Balaban J connectivity index is 2.14. The maximum absolute atomic E-state index is 11.5. The molecule has 1 heterocycles. The first kappa shape index (κ1) is 14.4. The number of hydrogen-bond acceptors (Lipinski definition) is 3. The van der Waals surface area contributed by atoms with Crippen LogP contribution in [-0.2, 0) is 9.59 Å². The van der Waals surface area contributed by atoms with Gasteiger partial charge in [-0.05, 0) is 18.6 Å². The van der Waals surface area contributed by atoms with Crippen LogP contribution in [0.4, 0.5) is 0 Å². The van der Waals surface area contributed by atoms with Gasteiger partial charge < -0.3 is 10.6 Å². The van der Waals surface area contributed by atoms with Crippen molar-refractivity contribution in [1.82, 2.24) is 10.6 Å². The van der Waals surface area contributed by atoms with E-state index in [1.807, 2.05) is 32.5 Å². The normalized spacial score (nSPS) is 20.1. The maximum atomic E-state index is 11.5. The number of hydrogen-bond donors (Lipinski definition) is 2. The van der Waals surface area contributed by atoms with Crippen molar-refractivity contribution in [2.24, 2.45) is 5.41 Å². The van der Waals surface area contributed by atoms with Crippen molar-refractivity contribution in [2.75, 3.05) is 18.8 Å². The smallest absolute Gasteiger partial charge is 0.239 e. The fourth-order valence-corrected chi connectivity index (χ4v) is 2.72. The second-order valence-electron chi connectivity index (χ2n) is 5.37. The number of amides is 2. The quantitative estimate of drug-likeness (QED) is 0.795. The molecular formula is C12H22N2O2S. The highest BCUT2D eigenvalue weighted by Gasteiger charge is 2.21. The number of rotatable bonds is 4. The zero-order valence-corrected chi connectivity index (χ0v) is 11.7. The van der Waals surface area contributed by atoms with Gasteiger partial charge in [-0.2, -0.15) is 11.8 Å². The SMILES string of the molecule is CC(C)(C)C(=O)NCC(=O)NCC1CCCS1. The highest BCUT2D eigenvalue weighted by molar-refractivity contribution is 8.00. The molecule has 0 aromatic rings. The monoisotopic (exact) mass is 258 g/mol. The van der Waals surface area contributed by atoms with Gasteiger partial charge in [0.05, 0.1) is 6.54 Å². The summed E-state index contributed by atoms with van der Waals surface area (Å²) in [6, 6.07) is 0. The molecule has 0 radical (unpaired) electrons. The molecule has 1 unspecified atom stereocenters. The molecule has 0 bridgehead atoms. The van der Waals surface area contributed by atoms with Crippen molar-refractivity contribution < 1.29 is 9.59 Å². The molecular weight excluding hydrogens is 236 g/mol. The second kappa shape index (κ2) is 6.28. The minimum absolute atomic E-state index is 0.0769. The molecule has 1 rings (SSSR count). The average molecular weight is 258 g/mol. The van der Waals surface area contributed by atoms with Crippen molar-refractivity contribution >= 4 is 23.6 Å². The average Bonchev–Trinajstić information content (AvgIpc) is 2.74. The van der Waals surface area contributed by atoms with Gasteiger partial charge in [0.1, 0.15) is 0 Å². The third-order valence-corrected chi connectivity index (χ3v) is 4.04. The van der Waals surface area contributed by atoms with Gasteiger partial charge in [0.2, 0.25) is 11.8 Å². The van der Waals surface area contributed by atoms with Crippen LogP contribution in [0, 0.1) is 5.41 Å². The Kier molecular flexibility index (Phi) is 5.31. The molecule has 2 N–H and O–H groups in total. The molecule has 17 heavy (non-hydrogen) atoms. The largest absolute Gasteiger partial charge is 0.353 e. The van der Waals surface area contributed by atoms with Crippen LogP contribution in [0.25, 0.3) is 0 Å². The summed E-state index contributed by atoms with van der Waals surface area (Å²) in [6.07, 6.45) is 2.42. The van der Waals surface area contributed by atoms with E-state index in [0.29, 0.717) is 5.25 Å². The predicted molar refractivity (Wildman–Crippen MR) is 71.0 cm³/mol. The van der Waals surface area contributed by atoms with Crippen LogP contribution in [0.2, 0.25) is 0 Å². The van der Waals surface area contributed by atoms with Gasteiger partial charge >= 0.3 is 0 Å². The van der Waals surface area contributed by atoms with Gasteiger partial charge in [0, 0.05) is 17.2 Å². The molecule has 98 valence electrons. The van der Waals surface area contributed by atoms with Crippen molar-refractivity contribution in [3.8, 4) is 0 Å². The van der Waals surface area contributed by atoms with E-state index in [1.165, 1.54) is 18.6 Å². The van der Waals surface area contributed by atoms with Crippen molar-refractivity contribution in [2.45, 2.75) is 38.9 Å². The number of nitrogens with one attached hydrogen (secondary N) is 2. The molecule has 0 saturated carbocycles. The van der Waals surface area contributed by atoms with Crippen molar-refractivity contribution in [3.63, 3.8) is 0 Å². The van der Waals surface area contributed by atoms with Crippen molar-refractivity contribution in [3.05, 3.63) is 0 Å². The first-order valence-corrected chi connectivity index (χ1v) is 7.11. The minimum atomic E-state index is -0.443. The van der Waals surface area contributed by atoms with Crippen LogP contribution in [0.3, 0.4) is 0 Å². The van der Waals surface area contributed by atoms with Crippen LogP contribution in [0.15, 0.2) is 0 Å². The summed E-state index contributed by atoms with van der Waals surface area (Å²) in [5.74, 6) is 0.999. The van der Waals surface area contributed by atoms with Crippen LogP contribution < -0.4 is 10.6 Å². The Morgan fingerprint density at radius 1 is 1.29 bits per heavy atom. The van der Waals surface area contributed by atoms with Gasteiger partial charge in [0.25, 0.3) is 0 Å². The molecule has 4 nitrogen and oxygen atoms in total. The zero-order valence-electron chi connectivity index (χ0n) is 10.8. The van der Waals surface area contributed by atoms with E-state index in [4.69, 9.17) is 0 Å². The Hall–Kier alpha value is -0.710. The van der Waals surface area contributed by atoms with Crippen LogP contribution in [-0.4, -0.2) is 35.9 Å². The van der Waals surface area contributed by atoms with E-state index < -0.39 is 5.41 Å². The summed E-state index contributed by atoms with van der Waals surface area (Å²) in [4.78, 5) is 23.0. The van der Waals surface area contributed by atoms with Crippen molar-refractivity contribution in [1.29, 1.82) is 0 Å². The summed E-state index contributed by atoms with van der Waals surface area (Å²) in [5.41, 5.74) is -0.443. The summed E-state index contributed by atoms with van der Waals surface area (Å²) in [6.45, 7) is 6.28. The van der Waals surface area contributed by atoms with Crippen LogP contribution in [0.5, 0.6) is 0 Å². The third-order valence-electron chi connectivity index (χ3n) is 2.64. The fraction of sp³-hybridized carbons (Fsp3) is 0.833. The Labute approximate surface area is 107 Å². The summed E-state index contributed by atoms with van der Waals surface area (Å²) >= 11 is 1.91. The minimum Gasteiger partial charge on any atom is -0.353 e. The lowest BCUT2D eigenvalue weighted by Gasteiger charge is -2.17. The van der Waals surface area contributed by atoms with E-state index >= 15 is 0 Å². The van der Waals surface area contributed by atoms with Gasteiger partial charge in [-0.15, -0.1) is 0 Å². The predicted octanol–water partition coefficient (Wildman–Crippen LogP) is 1.16. The molecule has 2 amide bonds. The lowest BCUT2D eigenvalue weighted by Crippen LogP contribution is -2.42. The number of carbonyl (C=O) groups is 2. The van der Waals surface area contributed by atoms with Gasteiger partial charge in [-0.3, -0.25) is 9.59 Å². The highest BCUT2D eigenvalue weighted by Crippen LogP contribution is 2.25. The Morgan fingerprint density at radius 2 is 2.00 bits per heavy atom. The molecule has 5 heteroatoms. The van der Waals surface area contributed by atoms with E-state index in [0.717, 1.165) is 6.54 Å². The Morgan fingerprint density at radius 3 is 2.53 bits per heavy atom. The molecule has 1 aliphatic rings. The maximum Gasteiger partial charge on any atom is 0.239 e. The zero-order chi connectivity index (χ0) is 12.9. The Bertz CT molecular complexity index is 281. The lowest BCUT2D eigenvalue weighted by atomic mass is 9.96. The molecule has 0 aromatic heterocycles. The van der Waals surface area contributed by atoms with Crippen LogP contribution >= 0.6 is 11.8 Å². The van der Waals surface area contributed by atoms with E-state index in [9.17, 15) is 9.59 Å². The van der Waals surface area contributed by atoms with Gasteiger partial charge in [-0.25, -0.2) is 0 Å². The molecule has 0 aromatic carbocycles. The molecule has 1 fully saturated rings. The van der Waals surface area contributed by atoms with E-state index in [2.05, 4.69) is 10.6 Å². The number of thioether (sulfide) groups is 1. The highest BCUT2D eigenvalue weighted by atomic mass is 32.2. The topological polar surface area (TPSA) is 58.2 Å². The van der Waals surface area contributed by atoms with Gasteiger partial charge in [-0.1, -0.05) is 20.8 Å². The summed E-state index contributed by atoms with van der Waals surface area (Å²) in [7, 11) is 0. The molecule has 0 aliphatic carbocycles. The standard InChI is InChI=1S/C12H22N2O2S/c1-12(2,3)11(16)14-8-10(15)13-7-9-5-4-6-17-9/h9H,4-8H2,1-3H3,(H,13,15)(H,14,16). The van der Waals surface area contributed by atoms with E-state index in [1.54, 1.807) is 0 Å². The number of carbonyl (C=O) groups excluding carboxylic acids is 2. The summed E-state index contributed by atoms with van der Waals surface area (Å²) < 4.78 is 0. The summed E-state index contributed by atoms with van der Waals surface area (Å²) in [5, 5.41) is 6.05. The second-order valence-corrected chi connectivity index (χ2v) is 6.78. The van der Waals surface area contributed by atoms with E-state index in [-0.39, 0.29) is 18.4 Å². The first-order valence-electron chi connectivity index (χ1n) is 6.06. The fourth-order valence-electron chi connectivity index (χ4n) is 1.52. The van der Waals surface area contributed by atoms with Gasteiger partial charge in [0.15, 0.2) is 0 Å². The lowest BCUT2D eigenvalue weighted by molar-refractivity contribution is -0.131.